The lowest BCUT2D eigenvalue weighted by atomic mass is 9.83. The van der Waals surface area contributed by atoms with Gasteiger partial charge in [0.05, 0.1) is 24.5 Å². The van der Waals surface area contributed by atoms with Crippen molar-refractivity contribution in [2.24, 2.45) is 13.0 Å². The van der Waals surface area contributed by atoms with Gasteiger partial charge in [-0.2, -0.15) is 5.10 Å². The molecule has 1 aromatic rings. The Balaban J connectivity index is 1.52. The molecule has 0 amide bonds. The van der Waals surface area contributed by atoms with E-state index in [1.165, 1.54) is 12.0 Å². The van der Waals surface area contributed by atoms with Gasteiger partial charge in [0.15, 0.2) is 0 Å². The first-order valence-electron chi connectivity index (χ1n) is 6.53. The van der Waals surface area contributed by atoms with E-state index in [0.717, 1.165) is 25.7 Å². The Kier molecular flexibility index (Phi) is 2.92. The molecule has 0 radical (unpaired) electrons. The van der Waals surface area contributed by atoms with Crippen LogP contribution in [0.1, 0.15) is 31.2 Å². The van der Waals surface area contributed by atoms with E-state index in [1.807, 2.05) is 24.1 Å². The number of aryl methyl sites for hydroxylation is 2. The van der Waals surface area contributed by atoms with Crippen molar-refractivity contribution in [2.45, 2.75) is 50.4 Å². The fourth-order valence-corrected chi connectivity index (χ4v) is 3.21. The molecule has 2 aliphatic heterocycles. The third kappa shape index (κ3) is 2.24. The Hall–Kier alpha value is -0.870. The smallest absolute Gasteiger partial charge is 0.0633 e. The molecule has 4 unspecified atom stereocenters. The van der Waals surface area contributed by atoms with Crippen molar-refractivity contribution in [1.82, 2.24) is 9.78 Å². The van der Waals surface area contributed by atoms with Crippen molar-refractivity contribution in [3.63, 3.8) is 0 Å². The molecule has 4 heteroatoms. The minimum absolute atomic E-state index is 0.217. The predicted octanol–water partition coefficient (Wildman–Crippen LogP) is 1.28. The second kappa shape index (κ2) is 4.42. The Bertz CT molecular complexity index is 391. The summed E-state index contributed by atoms with van der Waals surface area (Å²) in [7, 11) is 1.92. The van der Waals surface area contributed by atoms with Gasteiger partial charge in [0.1, 0.15) is 0 Å². The van der Waals surface area contributed by atoms with Gasteiger partial charge in [0.2, 0.25) is 0 Å². The van der Waals surface area contributed by atoms with Gasteiger partial charge in [0.25, 0.3) is 0 Å². The molecule has 2 saturated heterocycles. The summed E-state index contributed by atoms with van der Waals surface area (Å²) < 4.78 is 7.59. The van der Waals surface area contributed by atoms with Crippen molar-refractivity contribution in [3.8, 4) is 0 Å². The molecule has 0 aliphatic carbocycles. The molecule has 1 aromatic heterocycles. The summed E-state index contributed by atoms with van der Waals surface area (Å²) in [6.07, 6.45) is 9.54. The van der Waals surface area contributed by atoms with Gasteiger partial charge in [0, 0.05) is 19.2 Å². The summed E-state index contributed by atoms with van der Waals surface area (Å²) in [5.74, 6) is 0.366. The molecular weight excluding hydrogens is 216 g/mol. The second-order valence-electron chi connectivity index (χ2n) is 5.40. The van der Waals surface area contributed by atoms with Crippen molar-refractivity contribution in [2.75, 3.05) is 0 Å². The van der Waals surface area contributed by atoms with Crippen molar-refractivity contribution in [1.29, 1.82) is 0 Å². The van der Waals surface area contributed by atoms with Crippen LogP contribution in [-0.2, 0) is 18.2 Å². The van der Waals surface area contributed by atoms with E-state index in [-0.39, 0.29) is 6.10 Å². The number of fused-ring (bicyclic) bond motifs is 2. The summed E-state index contributed by atoms with van der Waals surface area (Å²) in [5.41, 5.74) is 1.20. The van der Waals surface area contributed by atoms with E-state index in [0.29, 0.717) is 18.1 Å². The Morgan fingerprint density at radius 3 is 3.06 bits per heavy atom. The molecule has 0 spiro atoms. The van der Waals surface area contributed by atoms with E-state index < -0.39 is 0 Å². The maximum Gasteiger partial charge on any atom is 0.0633 e. The molecule has 0 saturated carbocycles. The Labute approximate surface area is 102 Å². The van der Waals surface area contributed by atoms with Crippen LogP contribution in [0, 0.1) is 5.92 Å². The number of hydrogen-bond donors (Lipinski definition) is 1. The third-order valence-electron chi connectivity index (χ3n) is 4.13. The lowest BCUT2D eigenvalue weighted by Crippen LogP contribution is -2.29. The molecule has 4 atom stereocenters. The summed E-state index contributed by atoms with van der Waals surface area (Å²) in [4.78, 5) is 0. The maximum absolute atomic E-state index is 10.2. The molecule has 1 N–H and O–H groups in total. The van der Waals surface area contributed by atoms with Crippen LogP contribution < -0.4 is 0 Å². The van der Waals surface area contributed by atoms with Crippen LogP contribution in [-0.4, -0.2) is 33.2 Å². The highest BCUT2D eigenvalue weighted by atomic mass is 16.5. The minimum atomic E-state index is -0.217. The van der Waals surface area contributed by atoms with Crippen molar-refractivity contribution >= 4 is 0 Å². The molecule has 3 heterocycles. The van der Waals surface area contributed by atoms with E-state index in [9.17, 15) is 5.11 Å². The molecule has 0 aromatic carbocycles. The molecular formula is C13H20N2O2. The standard InChI is InChI=1S/C13H20N2O2/c1-15-8-9(7-14-15)2-4-12(16)11-6-10-3-5-13(11)17-10/h7-8,10-13,16H,2-6H2,1H3. The summed E-state index contributed by atoms with van der Waals surface area (Å²) >= 11 is 0. The molecule has 94 valence electrons. The van der Waals surface area contributed by atoms with Crippen molar-refractivity contribution in [3.05, 3.63) is 18.0 Å². The fraction of sp³-hybridized carbons (Fsp3) is 0.769. The van der Waals surface area contributed by atoms with Crippen molar-refractivity contribution < 1.29 is 9.84 Å². The van der Waals surface area contributed by atoms with Gasteiger partial charge in [-0.3, -0.25) is 4.68 Å². The topological polar surface area (TPSA) is 47.3 Å². The van der Waals surface area contributed by atoms with Gasteiger partial charge < -0.3 is 9.84 Å². The zero-order valence-corrected chi connectivity index (χ0v) is 10.2. The molecule has 3 rings (SSSR count). The highest BCUT2D eigenvalue weighted by Gasteiger charge is 2.43. The highest BCUT2D eigenvalue weighted by Crippen LogP contribution is 2.41. The molecule has 2 bridgehead atoms. The largest absolute Gasteiger partial charge is 0.393 e. The summed E-state index contributed by atoms with van der Waals surface area (Å²) in [6.45, 7) is 0. The van der Waals surface area contributed by atoms with Crippen LogP contribution in [0.3, 0.4) is 0 Å². The lowest BCUT2D eigenvalue weighted by molar-refractivity contribution is 0.0391. The molecule has 17 heavy (non-hydrogen) atoms. The number of ether oxygens (including phenoxy) is 1. The zero-order valence-electron chi connectivity index (χ0n) is 10.2. The fourth-order valence-electron chi connectivity index (χ4n) is 3.21. The van der Waals surface area contributed by atoms with Crippen LogP contribution >= 0.6 is 0 Å². The normalized spacial score (nSPS) is 33.2. The van der Waals surface area contributed by atoms with Crippen LogP contribution in [0.15, 0.2) is 12.4 Å². The van der Waals surface area contributed by atoms with Gasteiger partial charge in [-0.1, -0.05) is 0 Å². The first-order valence-corrected chi connectivity index (χ1v) is 6.53. The number of aromatic nitrogens is 2. The van der Waals surface area contributed by atoms with Gasteiger partial charge in [-0.25, -0.2) is 0 Å². The van der Waals surface area contributed by atoms with E-state index in [1.54, 1.807) is 0 Å². The number of hydrogen-bond acceptors (Lipinski definition) is 3. The SMILES string of the molecule is Cn1cc(CCC(O)C2CC3CCC2O3)cn1. The van der Waals surface area contributed by atoms with Crippen LogP contribution in [0.5, 0.6) is 0 Å². The third-order valence-corrected chi connectivity index (χ3v) is 4.13. The summed E-state index contributed by atoms with van der Waals surface area (Å²) in [6, 6.07) is 0. The van der Waals surface area contributed by atoms with Gasteiger partial charge in [-0.15, -0.1) is 0 Å². The second-order valence-corrected chi connectivity index (χ2v) is 5.40. The predicted molar refractivity (Wildman–Crippen MR) is 63.5 cm³/mol. The van der Waals surface area contributed by atoms with E-state index in [2.05, 4.69) is 5.10 Å². The lowest BCUT2D eigenvalue weighted by Gasteiger charge is -2.24. The van der Waals surface area contributed by atoms with Crippen LogP contribution in [0.4, 0.5) is 0 Å². The average Bonchev–Trinajstić information content (AvgIpc) is 3.01. The van der Waals surface area contributed by atoms with Crippen LogP contribution in [0.25, 0.3) is 0 Å². The Morgan fingerprint density at radius 2 is 2.47 bits per heavy atom. The number of aliphatic hydroxyl groups excluding tert-OH is 1. The summed E-state index contributed by atoms with van der Waals surface area (Å²) in [5, 5.41) is 14.4. The number of nitrogens with zero attached hydrogens (tertiary/aromatic N) is 2. The maximum atomic E-state index is 10.2. The first-order chi connectivity index (χ1) is 8.22. The van der Waals surface area contributed by atoms with Crippen LogP contribution in [0.2, 0.25) is 0 Å². The van der Waals surface area contributed by atoms with E-state index >= 15 is 0 Å². The first kappa shape index (κ1) is 11.2. The molecule has 4 nitrogen and oxygen atoms in total. The van der Waals surface area contributed by atoms with Gasteiger partial charge >= 0.3 is 0 Å². The monoisotopic (exact) mass is 236 g/mol. The average molecular weight is 236 g/mol. The number of rotatable bonds is 4. The highest BCUT2D eigenvalue weighted by molar-refractivity contribution is 5.04. The molecule has 2 aliphatic rings. The minimum Gasteiger partial charge on any atom is -0.393 e. The Morgan fingerprint density at radius 1 is 1.59 bits per heavy atom. The van der Waals surface area contributed by atoms with Gasteiger partial charge in [-0.05, 0) is 37.7 Å². The zero-order chi connectivity index (χ0) is 11.8. The molecule has 2 fully saturated rings. The number of aliphatic hydroxyl groups is 1. The van der Waals surface area contributed by atoms with E-state index in [4.69, 9.17) is 4.74 Å². The quantitative estimate of drug-likeness (QED) is 0.856.